The number of hydrogen-bond acceptors (Lipinski definition) is 3. The van der Waals surface area contributed by atoms with Crippen LogP contribution in [0, 0.1) is 5.92 Å². The van der Waals surface area contributed by atoms with Crippen molar-refractivity contribution in [3.05, 3.63) is 34.3 Å². The first kappa shape index (κ1) is 17.9. The first-order chi connectivity index (χ1) is 10.6. The number of nitrogens with zero attached hydrogens (tertiary/aromatic N) is 1. The van der Waals surface area contributed by atoms with E-state index in [0.29, 0.717) is 0 Å². The maximum atomic E-state index is 13.0. The van der Waals surface area contributed by atoms with Gasteiger partial charge in [-0.05, 0) is 24.1 Å². The molecular formula is C15H17ClF3NO3. The molecule has 8 heteroatoms. The minimum Gasteiger partial charge on any atom is -0.453 e. The number of piperidine rings is 1. The number of amides is 1. The van der Waals surface area contributed by atoms with Crippen molar-refractivity contribution in [3.63, 3.8) is 0 Å². The Balaban J connectivity index is 2.33. The van der Waals surface area contributed by atoms with E-state index in [1.165, 1.54) is 18.1 Å². The number of aliphatic hydroxyl groups is 1. The van der Waals surface area contributed by atoms with E-state index in [1.807, 2.05) is 0 Å². The normalized spacial score (nSPS) is 25.3. The van der Waals surface area contributed by atoms with E-state index in [2.05, 4.69) is 4.74 Å². The average Bonchev–Trinajstić information content (AvgIpc) is 2.48. The second-order valence-corrected chi connectivity index (χ2v) is 6.09. The highest BCUT2D eigenvalue weighted by Crippen LogP contribution is 2.41. The smallest absolute Gasteiger partial charge is 0.417 e. The number of likely N-dealkylation sites (tertiary alicyclic amines) is 1. The number of methoxy groups -OCH3 is 1. The summed E-state index contributed by atoms with van der Waals surface area (Å²) in [6, 6.07) is 3.41. The minimum atomic E-state index is -4.60. The van der Waals surface area contributed by atoms with Gasteiger partial charge in [-0.15, -0.1) is 0 Å². The zero-order chi connectivity index (χ0) is 17.4. The molecule has 2 unspecified atom stereocenters. The lowest BCUT2D eigenvalue weighted by Gasteiger charge is -2.43. The molecule has 1 aliphatic heterocycles. The van der Waals surface area contributed by atoms with Gasteiger partial charge in [0.2, 0.25) is 0 Å². The monoisotopic (exact) mass is 351 g/mol. The van der Waals surface area contributed by atoms with Crippen LogP contribution >= 0.6 is 11.6 Å². The van der Waals surface area contributed by atoms with E-state index >= 15 is 0 Å². The summed E-state index contributed by atoms with van der Waals surface area (Å²) >= 11 is 5.61. The lowest BCUT2D eigenvalue weighted by Crippen LogP contribution is -2.50. The molecule has 0 spiro atoms. The molecule has 23 heavy (non-hydrogen) atoms. The molecule has 1 aliphatic rings. The van der Waals surface area contributed by atoms with E-state index in [1.54, 1.807) is 6.92 Å². The van der Waals surface area contributed by atoms with Gasteiger partial charge in [-0.2, -0.15) is 13.2 Å². The molecule has 128 valence electrons. The highest BCUT2D eigenvalue weighted by molar-refractivity contribution is 6.31. The Hall–Kier alpha value is -1.47. The van der Waals surface area contributed by atoms with Crippen LogP contribution in [0.1, 0.15) is 24.5 Å². The summed E-state index contributed by atoms with van der Waals surface area (Å²) in [4.78, 5) is 13.0. The molecule has 1 heterocycles. The van der Waals surface area contributed by atoms with E-state index in [9.17, 15) is 23.1 Å². The molecule has 0 aliphatic carbocycles. The zero-order valence-electron chi connectivity index (χ0n) is 12.7. The van der Waals surface area contributed by atoms with Crippen LogP contribution in [0.2, 0.25) is 5.02 Å². The van der Waals surface area contributed by atoms with Gasteiger partial charge in [0.15, 0.2) is 0 Å². The Morgan fingerprint density at radius 2 is 2.13 bits per heavy atom. The third kappa shape index (κ3) is 3.40. The Morgan fingerprint density at radius 3 is 2.65 bits per heavy atom. The number of carbonyl (C=O) groups is 1. The van der Waals surface area contributed by atoms with Gasteiger partial charge in [0.25, 0.3) is 0 Å². The number of carbonyl (C=O) groups excluding carboxylic acids is 1. The summed E-state index contributed by atoms with van der Waals surface area (Å²) in [6.07, 6.45) is -5.01. The first-order valence-electron chi connectivity index (χ1n) is 7.02. The summed E-state index contributed by atoms with van der Waals surface area (Å²) in [5.41, 5.74) is -2.30. The molecule has 0 bridgehead atoms. The Bertz CT molecular complexity index is 608. The van der Waals surface area contributed by atoms with E-state index in [-0.39, 0.29) is 25.1 Å². The number of ether oxygens (including phenoxy) is 1. The summed E-state index contributed by atoms with van der Waals surface area (Å²) in [5.74, 6) is -0.461. The molecule has 1 N–H and O–H groups in total. The molecule has 4 nitrogen and oxygen atoms in total. The van der Waals surface area contributed by atoms with Crippen molar-refractivity contribution in [1.82, 2.24) is 4.90 Å². The van der Waals surface area contributed by atoms with E-state index in [0.717, 1.165) is 12.1 Å². The van der Waals surface area contributed by atoms with Gasteiger partial charge >= 0.3 is 12.3 Å². The lowest BCUT2D eigenvalue weighted by molar-refractivity contribution is -0.137. The molecule has 1 fully saturated rings. The molecule has 0 saturated carbocycles. The van der Waals surface area contributed by atoms with Crippen molar-refractivity contribution in [3.8, 4) is 0 Å². The molecule has 0 radical (unpaired) electrons. The fraction of sp³-hybridized carbons (Fsp3) is 0.533. The number of rotatable bonds is 1. The van der Waals surface area contributed by atoms with Crippen molar-refractivity contribution >= 4 is 17.7 Å². The number of hydrogen-bond donors (Lipinski definition) is 1. The van der Waals surface area contributed by atoms with Crippen molar-refractivity contribution in [2.45, 2.75) is 25.1 Å². The number of alkyl halides is 3. The second-order valence-electron chi connectivity index (χ2n) is 5.68. The molecule has 2 rings (SSSR count). The summed E-state index contributed by atoms with van der Waals surface area (Å²) in [6.45, 7) is 2.06. The van der Waals surface area contributed by atoms with Crippen molar-refractivity contribution in [1.29, 1.82) is 0 Å². The van der Waals surface area contributed by atoms with Gasteiger partial charge < -0.3 is 14.7 Å². The van der Waals surface area contributed by atoms with E-state index in [4.69, 9.17) is 11.6 Å². The second kappa shape index (κ2) is 6.20. The molecule has 2 atom stereocenters. The Kier molecular flexibility index (Phi) is 4.82. The third-order valence-electron chi connectivity index (χ3n) is 4.28. The standard InChI is InChI=1S/C15H17ClF3NO3/c1-9-8-20(13(21)23-2)6-5-14(9,22)10-3-4-12(16)11(7-10)15(17,18)19/h3-4,7,9,22H,5-6,8H2,1-2H3. The van der Waals surface area contributed by atoms with Crippen LogP contribution in [0.5, 0.6) is 0 Å². The molecule has 1 saturated heterocycles. The molecule has 1 amide bonds. The molecule has 1 aromatic rings. The van der Waals surface area contributed by atoms with Gasteiger partial charge in [-0.25, -0.2) is 4.79 Å². The highest BCUT2D eigenvalue weighted by Gasteiger charge is 2.43. The lowest BCUT2D eigenvalue weighted by atomic mass is 9.76. The van der Waals surface area contributed by atoms with Crippen LogP contribution in [-0.4, -0.2) is 36.3 Å². The van der Waals surface area contributed by atoms with Crippen molar-refractivity contribution in [2.24, 2.45) is 5.92 Å². The predicted octanol–water partition coefficient (Wildman–Crippen LogP) is 3.65. The van der Waals surface area contributed by atoms with Crippen LogP contribution in [0.4, 0.5) is 18.0 Å². The van der Waals surface area contributed by atoms with Crippen LogP contribution in [0.3, 0.4) is 0 Å². The van der Waals surface area contributed by atoms with Crippen LogP contribution in [0.25, 0.3) is 0 Å². The quantitative estimate of drug-likeness (QED) is 0.840. The predicted molar refractivity (Wildman–Crippen MR) is 78.1 cm³/mol. The fourth-order valence-corrected chi connectivity index (χ4v) is 3.08. The summed E-state index contributed by atoms with van der Waals surface area (Å²) in [7, 11) is 1.25. The van der Waals surface area contributed by atoms with Gasteiger partial charge in [-0.3, -0.25) is 0 Å². The van der Waals surface area contributed by atoms with Crippen molar-refractivity contribution < 1.29 is 27.8 Å². The van der Waals surface area contributed by atoms with Gasteiger partial charge in [0, 0.05) is 19.0 Å². The summed E-state index contributed by atoms with van der Waals surface area (Å²) < 4.78 is 43.6. The number of halogens is 4. The minimum absolute atomic E-state index is 0.113. The van der Waals surface area contributed by atoms with Gasteiger partial charge in [0.1, 0.15) is 0 Å². The van der Waals surface area contributed by atoms with Crippen LogP contribution < -0.4 is 0 Å². The topological polar surface area (TPSA) is 49.8 Å². The average molecular weight is 352 g/mol. The molecular weight excluding hydrogens is 335 g/mol. The summed E-state index contributed by atoms with van der Waals surface area (Å²) in [5, 5.41) is 10.5. The van der Waals surface area contributed by atoms with Crippen LogP contribution in [-0.2, 0) is 16.5 Å². The fourth-order valence-electron chi connectivity index (χ4n) is 2.86. The van der Waals surface area contributed by atoms with Crippen LogP contribution in [0.15, 0.2) is 18.2 Å². The zero-order valence-corrected chi connectivity index (χ0v) is 13.4. The number of benzene rings is 1. The molecule has 1 aromatic carbocycles. The maximum absolute atomic E-state index is 13.0. The Morgan fingerprint density at radius 1 is 1.48 bits per heavy atom. The van der Waals surface area contributed by atoms with Crippen molar-refractivity contribution in [2.75, 3.05) is 20.2 Å². The van der Waals surface area contributed by atoms with Gasteiger partial charge in [0.05, 0.1) is 23.3 Å². The Labute approximate surface area is 136 Å². The largest absolute Gasteiger partial charge is 0.453 e. The molecule has 0 aromatic heterocycles. The van der Waals surface area contributed by atoms with E-state index < -0.39 is 34.4 Å². The van der Waals surface area contributed by atoms with Gasteiger partial charge in [-0.1, -0.05) is 24.6 Å². The SMILES string of the molecule is COC(=O)N1CCC(O)(c2ccc(Cl)c(C(F)(F)F)c2)C(C)C1. The highest BCUT2D eigenvalue weighted by atomic mass is 35.5. The third-order valence-corrected chi connectivity index (χ3v) is 4.61. The first-order valence-corrected chi connectivity index (χ1v) is 7.40. The maximum Gasteiger partial charge on any atom is 0.417 e.